The van der Waals surface area contributed by atoms with Gasteiger partial charge in [-0.2, -0.15) is 0 Å². The van der Waals surface area contributed by atoms with Crippen LogP contribution in [-0.4, -0.2) is 35.8 Å². The zero-order valence-electron chi connectivity index (χ0n) is 11.6. The van der Waals surface area contributed by atoms with Crippen LogP contribution in [0.5, 0.6) is 0 Å². The first-order valence-electron chi connectivity index (χ1n) is 7.19. The molecule has 5 nitrogen and oxygen atoms in total. The lowest BCUT2D eigenvalue weighted by molar-refractivity contribution is -0.125. The average molecular weight is 308 g/mol. The molecule has 1 aromatic rings. The van der Waals surface area contributed by atoms with E-state index in [4.69, 9.17) is 17.3 Å². The first-order chi connectivity index (χ1) is 10.1. The Hall–Kier alpha value is -1.75. The van der Waals surface area contributed by atoms with Crippen molar-refractivity contribution in [2.75, 3.05) is 18.8 Å². The average Bonchev–Trinajstić information content (AvgIpc) is 2.49. The van der Waals surface area contributed by atoms with Gasteiger partial charge in [-0.3, -0.25) is 9.59 Å². The maximum absolute atomic E-state index is 12.6. The summed E-state index contributed by atoms with van der Waals surface area (Å²) < 4.78 is 0. The second-order valence-electron chi connectivity index (χ2n) is 5.72. The van der Waals surface area contributed by atoms with E-state index in [1.165, 1.54) is 0 Å². The van der Waals surface area contributed by atoms with Gasteiger partial charge >= 0.3 is 0 Å². The fraction of sp³-hybridized carbons (Fsp3) is 0.467. The van der Waals surface area contributed by atoms with E-state index in [9.17, 15) is 9.59 Å². The highest BCUT2D eigenvalue weighted by atomic mass is 35.5. The number of nitrogens with two attached hydrogens (primary N) is 1. The van der Waals surface area contributed by atoms with Crippen molar-refractivity contribution < 1.29 is 9.59 Å². The van der Waals surface area contributed by atoms with Gasteiger partial charge in [-0.15, -0.1) is 0 Å². The molecule has 0 spiro atoms. The number of fused-ring (bicyclic) bond motifs is 1. The van der Waals surface area contributed by atoms with Crippen molar-refractivity contribution in [2.24, 2.45) is 5.92 Å². The summed E-state index contributed by atoms with van der Waals surface area (Å²) in [6, 6.07) is 5.33. The van der Waals surface area contributed by atoms with Gasteiger partial charge in [0.2, 0.25) is 5.91 Å². The zero-order chi connectivity index (χ0) is 15.0. The first kappa shape index (κ1) is 14.2. The predicted molar refractivity (Wildman–Crippen MR) is 81.0 cm³/mol. The molecule has 112 valence electrons. The number of benzene rings is 1. The molecule has 0 saturated carbocycles. The Labute approximate surface area is 128 Å². The number of piperidine rings is 2. The maximum atomic E-state index is 12.6. The molecule has 2 aliphatic heterocycles. The van der Waals surface area contributed by atoms with Crippen molar-refractivity contribution in [3.63, 3.8) is 0 Å². The summed E-state index contributed by atoms with van der Waals surface area (Å²) in [6.45, 7) is 1.29. The molecule has 6 heteroatoms. The molecule has 3 rings (SSSR count). The molecule has 1 aromatic carbocycles. The van der Waals surface area contributed by atoms with E-state index in [-0.39, 0.29) is 17.9 Å². The SMILES string of the molecule is Nc1cccc(C(=O)N2CCC3NC(=O)CCC3C2)c1Cl. The summed E-state index contributed by atoms with van der Waals surface area (Å²) in [5.74, 6) is 0.373. The van der Waals surface area contributed by atoms with Crippen LogP contribution in [0.25, 0.3) is 0 Å². The van der Waals surface area contributed by atoms with Crippen LogP contribution in [0.15, 0.2) is 18.2 Å². The number of rotatable bonds is 1. The van der Waals surface area contributed by atoms with Gasteiger partial charge in [-0.1, -0.05) is 17.7 Å². The standard InChI is InChI=1S/C15H18ClN3O2/c16-14-10(2-1-3-11(14)17)15(21)19-7-6-12-9(8-19)4-5-13(20)18-12/h1-3,9,12H,4-8,17H2,(H,18,20). The topological polar surface area (TPSA) is 75.4 Å². The Morgan fingerprint density at radius 3 is 3.00 bits per heavy atom. The number of amides is 2. The number of likely N-dealkylation sites (tertiary alicyclic amines) is 1. The lowest BCUT2D eigenvalue weighted by Crippen LogP contribution is -2.55. The number of anilines is 1. The highest BCUT2D eigenvalue weighted by Crippen LogP contribution is 2.29. The molecule has 2 aliphatic rings. The molecule has 2 amide bonds. The smallest absolute Gasteiger partial charge is 0.255 e. The largest absolute Gasteiger partial charge is 0.398 e. The zero-order valence-corrected chi connectivity index (χ0v) is 12.4. The number of halogens is 1. The lowest BCUT2D eigenvalue weighted by Gasteiger charge is -2.41. The molecule has 0 aromatic heterocycles. The molecule has 3 N–H and O–H groups in total. The van der Waals surface area contributed by atoms with Gasteiger partial charge in [0.1, 0.15) is 0 Å². The van der Waals surface area contributed by atoms with Crippen molar-refractivity contribution in [1.82, 2.24) is 10.2 Å². The molecule has 2 fully saturated rings. The number of carbonyl (C=O) groups excluding carboxylic acids is 2. The molecule has 2 unspecified atom stereocenters. The van der Waals surface area contributed by atoms with E-state index in [2.05, 4.69) is 5.32 Å². The number of carbonyl (C=O) groups is 2. The first-order valence-corrected chi connectivity index (χ1v) is 7.56. The summed E-state index contributed by atoms with van der Waals surface area (Å²) in [4.78, 5) is 25.8. The minimum absolute atomic E-state index is 0.0809. The summed E-state index contributed by atoms with van der Waals surface area (Å²) in [7, 11) is 0. The minimum atomic E-state index is -0.0809. The van der Waals surface area contributed by atoms with Crippen LogP contribution >= 0.6 is 11.6 Å². The van der Waals surface area contributed by atoms with E-state index < -0.39 is 0 Å². The van der Waals surface area contributed by atoms with Crippen LogP contribution in [0.4, 0.5) is 5.69 Å². The molecular weight excluding hydrogens is 290 g/mol. The third kappa shape index (κ3) is 2.70. The summed E-state index contributed by atoms with van der Waals surface area (Å²) in [6.07, 6.45) is 2.18. The molecule has 0 bridgehead atoms. The molecule has 21 heavy (non-hydrogen) atoms. The Morgan fingerprint density at radius 1 is 1.38 bits per heavy atom. The maximum Gasteiger partial charge on any atom is 0.255 e. The fourth-order valence-corrected chi connectivity index (χ4v) is 3.39. The van der Waals surface area contributed by atoms with E-state index in [0.717, 1.165) is 12.8 Å². The highest BCUT2D eigenvalue weighted by molar-refractivity contribution is 6.36. The van der Waals surface area contributed by atoms with Crippen LogP contribution in [0.1, 0.15) is 29.6 Å². The molecule has 0 radical (unpaired) electrons. The van der Waals surface area contributed by atoms with Gasteiger partial charge in [-0.05, 0) is 30.9 Å². The Morgan fingerprint density at radius 2 is 2.19 bits per heavy atom. The van der Waals surface area contributed by atoms with E-state index >= 15 is 0 Å². The normalized spacial score (nSPS) is 25.2. The summed E-state index contributed by atoms with van der Waals surface area (Å²) in [5, 5.41) is 3.34. The Balaban J connectivity index is 1.75. The number of hydrogen-bond donors (Lipinski definition) is 2. The number of nitrogens with zero attached hydrogens (tertiary/aromatic N) is 1. The van der Waals surface area contributed by atoms with Crippen LogP contribution in [-0.2, 0) is 4.79 Å². The third-order valence-electron chi connectivity index (χ3n) is 4.37. The Kier molecular flexibility index (Phi) is 3.76. The van der Waals surface area contributed by atoms with Crippen LogP contribution < -0.4 is 11.1 Å². The van der Waals surface area contributed by atoms with Crippen molar-refractivity contribution in [3.05, 3.63) is 28.8 Å². The molecule has 2 heterocycles. The van der Waals surface area contributed by atoms with Crippen LogP contribution in [0.2, 0.25) is 5.02 Å². The van der Waals surface area contributed by atoms with Crippen molar-refractivity contribution in [3.8, 4) is 0 Å². The number of nitrogen functional groups attached to an aromatic ring is 1. The molecule has 2 atom stereocenters. The second kappa shape index (κ2) is 5.56. The quantitative estimate of drug-likeness (QED) is 0.775. The summed E-state index contributed by atoms with van der Waals surface area (Å²) >= 11 is 6.13. The Bertz CT molecular complexity index is 590. The van der Waals surface area contributed by atoms with Crippen molar-refractivity contribution in [2.45, 2.75) is 25.3 Å². The monoisotopic (exact) mass is 307 g/mol. The lowest BCUT2D eigenvalue weighted by atomic mass is 9.85. The fourth-order valence-electron chi connectivity index (χ4n) is 3.18. The third-order valence-corrected chi connectivity index (χ3v) is 4.79. The minimum Gasteiger partial charge on any atom is -0.398 e. The van der Waals surface area contributed by atoms with Gasteiger partial charge < -0.3 is 16.0 Å². The van der Waals surface area contributed by atoms with Gasteiger partial charge in [-0.25, -0.2) is 0 Å². The van der Waals surface area contributed by atoms with Gasteiger partial charge in [0.15, 0.2) is 0 Å². The van der Waals surface area contributed by atoms with E-state index in [0.29, 0.717) is 41.7 Å². The molecule has 0 aliphatic carbocycles. The van der Waals surface area contributed by atoms with Crippen molar-refractivity contribution >= 4 is 29.1 Å². The van der Waals surface area contributed by atoms with Gasteiger partial charge in [0.05, 0.1) is 16.3 Å². The number of hydrogen-bond acceptors (Lipinski definition) is 3. The molecular formula is C15H18ClN3O2. The van der Waals surface area contributed by atoms with Gasteiger partial charge in [0.25, 0.3) is 5.91 Å². The highest BCUT2D eigenvalue weighted by Gasteiger charge is 2.35. The molecule has 2 saturated heterocycles. The van der Waals surface area contributed by atoms with E-state index in [1.54, 1.807) is 18.2 Å². The predicted octanol–water partition coefficient (Wildman–Crippen LogP) is 1.66. The van der Waals surface area contributed by atoms with Crippen molar-refractivity contribution in [1.29, 1.82) is 0 Å². The van der Waals surface area contributed by atoms with Crippen LogP contribution in [0.3, 0.4) is 0 Å². The van der Waals surface area contributed by atoms with Crippen LogP contribution in [0, 0.1) is 5.92 Å². The van der Waals surface area contributed by atoms with E-state index in [1.807, 2.05) is 4.90 Å². The summed E-state index contributed by atoms with van der Waals surface area (Å²) in [5.41, 5.74) is 6.63. The second-order valence-corrected chi connectivity index (χ2v) is 6.10. The number of nitrogens with one attached hydrogen (secondary N) is 1. The van der Waals surface area contributed by atoms with Gasteiger partial charge in [0, 0.05) is 25.6 Å².